The van der Waals surface area contributed by atoms with Gasteiger partial charge < -0.3 is 4.74 Å². The van der Waals surface area contributed by atoms with E-state index in [9.17, 15) is 4.79 Å². The van der Waals surface area contributed by atoms with E-state index in [4.69, 9.17) is 4.74 Å². The summed E-state index contributed by atoms with van der Waals surface area (Å²) in [6, 6.07) is 9.83. The summed E-state index contributed by atoms with van der Waals surface area (Å²) >= 11 is 0. The van der Waals surface area contributed by atoms with Crippen LogP contribution in [0.4, 0.5) is 0 Å². The highest BCUT2D eigenvalue weighted by Gasteiger charge is 2.17. The molecule has 0 fully saturated rings. The molecule has 0 saturated heterocycles. The van der Waals surface area contributed by atoms with E-state index in [1.807, 2.05) is 30.3 Å². The number of para-hydroxylation sites is 1. The zero-order chi connectivity index (χ0) is 19.3. The van der Waals surface area contributed by atoms with E-state index in [0.717, 1.165) is 24.8 Å². The lowest BCUT2D eigenvalue weighted by molar-refractivity contribution is 0.111. The van der Waals surface area contributed by atoms with Gasteiger partial charge in [-0.05, 0) is 37.8 Å². The zero-order valence-electron chi connectivity index (χ0n) is 16.9. The number of aromatic nitrogens is 2. The van der Waals surface area contributed by atoms with Gasteiger partial charge in [-0.1, -0.05) is 70.6 Å². The van der Waals surface area contributed by atoms with Crippen molar-refractivity contribution in [2.75, 3.05) is 0 Å². The average Bonchev–Trinajstić information content (AvgIpc) is 3.12. The SMILES string of the molecule is CCCCCCC(CCCCCC)Oc1nn(-c2ccccc2)cc1C=O. The summed E-state index contributed by atoms with van der Waals surface area (Å²) in [5.41, 5.74) is 1.45. The van der Waals surface area contributed by atoms with Gasteiger partial charge in [0.1, 0.15) is 6.10 Å². The number of hydrogen-bond acceptors (Lipinski definition) is 3. The van der Waals surface area contributed by atoms with Crippen LogP contribution in [0.3, 0.4) is 0 Å². The predicted molar refractivity (Wildman–Crippen MR) is 111 cm³/mol. The van der Waals surface area contributed by atoms with Crippen molar-refractivity contribution in [1.29, 1.82) is 0 Å². The summed E-state index contributed by atoms with van der Waals surface area (Å²) in [7, 11) is 0. The number of rotatable bonds is 14. The molecular weight excluding hydrogens is 336 g/mol. The van der Waals surface area contributed by atoms with Gasteiger partial charge in [-0.25, -0.2) is 4.68 Å². The highest BCUT2D eigenvalue weighted by molar-refractivity contribution is 5.78. The van der Waals surface area contributed by atoms with E-state index in [-0.39, 0.29) is 6.10 Å². The Labute approximate surface area is 163 Å². The molecule has 0 N–H and O–H groups in total. The summed E-state index contributed by atoms with van der Waals surface area (Å²) < 4.78 is 7.96. The van der Waals surface area contributed by atoms with E-state index < -0.39 is 0 Å². The maximum absolute atomic E-state index is 11.5. The molecule has 148 valence electrons. The van der Waals surface area contributed by atoms with E-state index in [0.29, 0.717) is 11.4 Å². The summed E-state index contributed by atoms with van der Waals surface area (Å²) in [4.78, 5) is 11.5. The van der Waals surface area contributed by atoms with Gasteiger partial charge in [-0.2, -0.15) is 0 Å². The molecule has 0 atom stereocenters. The minimum Gasteiger partial charge on any atom is -0.473 e. The third-order valence-corrected chi connectivity index (χ3v) is 4.89. The first kappa shape index (κ1) is 21.2. The van der Waals surface area contributed by atoms with Crippen LogP contribution in [-0.2, 0) is 0 Å². The van der Waals surface area contributed by atoms with E-state index in [2.05, 4.69) is 18.9 Å². The van der Waals surface area contributed by atoms with Crippen LogP contribution in [0.2, 0.25) is 0 Å². The molecule has 0 saturated carbocycles. The first-order valence-corrected chi connectivity index (χ1v) is 10.5. The largest absolute Gasteiger partial charge is 0.473 e. The van der Waals surface area contributed by atoms with Gasteiger partial charge in [0, 0.05) is 6.20 Å². The monoisotopic (exact) mass is 370 g/mol. The molecule has 27 heavy (non-hydrogen) atoms. The molecular formula is C23H34N2O2. The van der Waals surface area contributed by atoms with Gasteiger partial charge in [-0.3, -0.25) is 4.79 Å². The van der Waals surface area contributed by atoms with Crippen LogP contribution in [0.5, 0.6) is 5.88 Å². The Bertz CT molecular complexity index is 640. The molecule has 0 bridgehead atoms. The molecule has 4 heteroatoms. The van der Waals surface area contributed by atoms with Gasteiger partial charge in [0.2, 0.25) is 5.88 Å². The summed E-state index contributed by atoms with van der Waals surface area (Å²) in [5, 5.41) is 4.54. The Morgan fingerprint density at radius 3 is 2.15 bits per heavy atom. The van der Waals surface area contributed by atoms with Gasteiger partial charge in [0.15, 0.2) is 6.29 Å². The number of benzene rings is 1. The second-order valence-corrected chi connectivity index (χ2v) is 7.23. The zero-order valence-corrected chi connectivity index (χ0v) is 16.9. The lowest BCUT2D eigenvalue weighted by atomic mass is 10.0. The van der Waals surface area contributed by atoms with Gasteiger partial charge in [0.25, 0.3) is 0 Å². The second-order valence-electron chi connectivity index (χ2n) is 7.23. The molecule has 0 amide bonds. The van der Waals surface area contributed by atoms with Crippen molar-refractivity contribution in [3.05, 3.63) is 42.1 Å². The molecule has 0 radical (unpaired) electrons. The van der Waals surface area contributed by atoms with Crippen molar-refractivity contribution in [2.24, 2.45) is 0 Å². The fourth-order valence-corrected chi connectivity index (χ4v) is 3.27. The van der Waals surface area contributed by atoms with Crippen LogP contribution in [-0.4, -0.2) is 22.2 Å². The molecule has 0 spiro atoms. The van der Waals surface area contributed by atoms with Gasteiger partial charge in [0.05, 0.1) is 11.3 Å². The molecule has 1 aromatic heterocycles. The lowest BCUT2D eigenvalue weighted by Crippen LogP contribution is -2.17. The molecule has 0 aliphatic heterocycles. The molecule has 0 aliphatic carbocycles. The fourth-order valence-electron chi connectivity index (χ4n) is 3.27. The van der Waals surface area contributed by atoms with Crippen molar-refractivity contribution in [2.45, 2.75) is 84.2 Å². The molecule has 0 unspecified atom stereocenters. The number of carbonyl (C=O) groups excluding carboxylic acids is 1. The average molecular weight is 371 g/mol. The minimum atomic E-state index is 0.136. The second kappa shape index (κ2) is 12.3. The van der Waals surface area contributed by atoms with Crippen LogP contribution in [0, 0.1) is 0 Å². The van der Waals surface area contributed by atoms with E-state index >= 15 is 0 Å². The number of hydrogen-bond donors (Lipinski definition) is 0. The normalized spacial score (nSPS) is 11.1. The van der Waals surface area contributed by atoms with Gasteiger partial charge in [-0.15, -0.1) is 5.10 Å². The third kappa shape index (κ3) is 7.20. The Balaban J connectivity index is 2.04. The lowest BCUT2D eigenvalue weighted by Gasteiger charge is -2.18. The Morgan fingerprint density at radius 2 is 1.59 bits per heavy atom. The minimum absolute atomic E-state index is 0.136. The van der Waals surface area contributed by atoms with Crippen LogP contribution in [0.15, 0.2) is 36.5 Å². The van der Waals surface area contributed by atoms with Crippen molar-refractivity contribution < 1.29 is 9.53 Å². The molecule has 0 aliphatic rings. The number of unbranched alkanes of at least 4 members (excludes halogenated alkanes) is 6. The van der Waals surface area contributed by atoms with Crippen LogP contribution < -0.4 is 4.74 Å². The number of nitrogens with zero attached hydrogens (tertiary/aromatic N) is 2. The fraction of sp³-hybridized carbons (Fsp3) is 0.565. The van der Waals surface area contributed by atoms with Crippen molar-refractivity contribution in [1.82, 2.24) is 9.78 Å². The number of ether oxygens (including phenoxy) is 1. The number of carbonyl (C=O) groups is 1. The first-order chi connectivity index (χ1) is 13.3. The van der Waals surface area contributed by atoms with E-state index in [1.165, 1.54) is 51.4 Å². The summed E-state index contributed by atoms with van der Waals surface area (Å²) in [6.07, 6.45) is 14.6. The van der Waals surface area contributed by atoms with Crippen molar-refractivity contribution in [3.63, 3.8) is 0 Å². The van der Waals surface area contributed by atoms with Gasteiger partial charge >= 0.3 is 0 Å². The topological polar surface area (TPSA) is 44.1 Å². The quantitative estimate of drug-likeness (QED) is 0.286. The molecule has 1 aromatic carbocycles. The molecule has 2 rings (SSSR count). The van der Waals surface area contributed by atoms with Crippen molar-refractivity contribution >= 4 is 6.29 Å². The molecule has 1 heterocycles. The Hall–Kier alpha value is -2.10. The Kier molecular flexibility index (Phi) is 9.67. The van der Waals surface area contributed by atoms with Crippen LogP contribution in [0.25, 0.3) is 5.69 Å². The smallest absolute Gasteiger partial charge is 0.244 e. The van der Waals surface area contributed by atoms with Crippen LogP contribution >= 0.6 is 0 Å². The predicted octanol–water partition coefficient (Wildman–Crippen LogP) is 6.37. The highest BCUT2D eigenvalue weighted by Crippen LogP contribution is 2.23. The molecule has 4 nitrogen and oxygen atoms in total. The third-order valence-electron chi connectivity index (χ3n) is 4.89. The highest BCUT2D eigenvalue weighted by atomic mass is 16.5. The maximum Gasteiger partial charge on any atom is 0.244 e. The van der Waals surface area contributed by atoms with E-state index in [1.54, 1.807) is 10.9 Å². The van der Waals surface area contributed by atoms with Crippen molar-refractivity contribution in [3.8, 4) is 11.6 Å². The van der Waals surface area contributed by atoms with Crippen LogP contribution in [0.1, 0.15) is 88.4 Å². The standard InChI is InChI=1S/C23H34N2O2/c1-3-5-7-12-16-22(17-13-8-6-4-2)27-23-20(19-26)18-25(24-23)21-14-10-9-11-15-21/h9-11,14-15,18-19,22H,3-8,12-13,16-17H2,1-2H3. The number of aldehydes is 1. The molecule has 2 aromatic rings. The first-order valence-electron chi connectivity index (χ1n) is 10.5. The summed E-state index contributed by atoms with van der Waals surface area (Å²) in [5.74, 6) is 0.463. The summed E-state index contributed by atoms with van der Waals surface area (Å²) in [6.45, 7) is 4.45. The Morgan fingerprint density at radius 1 is 0.963 bits per heavy atom. The maximum atomic E-state index is 11.5.